The topological polar surface area (TPSA) is 43.1 Å². The van der Waals surface area contributed by atoms with E-state index in [-0.39, 0.29) is 16.5 Å². The van der Waals surface area contributed by atoms with Crippen LogP contribution in [0.2, 0.25) is 0 Å². The third-order valence-corrected chi connectivity index (χ3v) is 2.90. The second-order valence-corrected chi connectivity index (χ2v) is 4.09. The van der Waals surface area contributed by atoms with Gasteiger partial charge < -0.3 is 0 Å². The Hall–Kier alpha value is -1.12. The Balaban J connectivity index is 2.66. The van der Waals surface area contributed by atoms with E-state index in [9.17, 15) is 10.1 Å². The van der Waals surface area contributed by atoms with E-state index in [1.807, 2.05) is 6.92 Å². The van der Waals surface area contributed by atoms with Crippen molar-refractivity contribution in [2.45, 2.75) is 33.6 Å². The zero-order valence-electron chi connectivity index (χ0n) is 8.99. The minimum atomic E-state index is -0.305. The minimum absolute atomic E-state index is 0.260. The van der Waals surface area contributed by atoms with E-state index >= 15 is 0 Å². The quantitative estimate of drug-likeness (QED) is 0.511. The van der Waals surface area contributed by atoms with Crippen LogP contribution in [0.3, 0.4) is 0 Å². The van der Waals surface area contributed by atoms with Gasteiger partial charge >= 0.3 is 0 Å². The van der Waals surface area contributed by atoms with Gasteiger partial charge in [-0.3, -0.25) is 10.1 Å². The number of nitrogens with zero attached hydrogens (tertiary/aromatic N) is 1. The molecule has 1 unspecified atom stereocenters. The summed E-state index contributed by atoms with van der Waals surface area (Å²) in [5, 5.41) is 10.5. The van der Waals surface area contributed by atoms with E-state index < -0.39 is 0 Å². The molecule has 1 aliphatic carbocycles. The van der Waals surface area contributed by atoms with Crippen molar-refractivity contribution in [3.8, 4) is 0 Å². The van der Waals surface area contributed by atoms with Gasteiger partial charge in [0.05, 0.1) is 4.92 Å². The number of rotatable bonds is 4. The smallest absolute Gasteiger partial charge is 0.258 e. The van der Waals surface area contributed by atoms with Gasteiger partial charge in [-0.1, -0.05) is 25.8 Å². The lowest BCUT2D eigenvalue weighted by molar-refractivity contribution is -0.418. The van der Waals surface area contributed by atoms with Gasteiger partial charge in [-0.05, 0) is 19.3 Å². The van der Waals surface area contributed by atoms with Crippen LogP contribution < -0.4 is 0 Å². The molecule has 1 aliphatic rings. The molecule has 0 aromatic carbocycles. The second-order valence-electron chi connectivity index (χ2n) is 4.09. The highest BCUT2D eigenvalue weighted by Crippen LogP contribution is 2.30. The highest BCUT2D eigenvalue weighted by molar-refractivity contribution is 5.30. The van der Waals surface area contributed by atoms with Crippen molar-refractivity contribution in [1.29, 1.82) is 0 Å². The maximum atomic E-state index is 10.5. The molecule has 0 aromatic rings. The van der Waals surface area contributed by atoms with Gasteiger partial charge in [-0.2, -0.15) is 0 Å². The molecule has 1 rings (SSSR count). The zero-order chi connectivity index (χ0) is 10.7. The third-order valence-electron chi connectivity index (χ3n) is 2.90. The van der Waals surface area contributed by atoms with Crippen LogP contribution in [0.25, 0.3) is 0 Å². The van der Waals surface area contributed by atoms with Crippen LogP contribution in [0.15, 0.2) is 23.4 Å². The van der Waals surface area contributed by atoms with Crippen LogP contribution in [0.5, 0.6) is 0 Å². The number of hydrogen-bond acceptors (Lipinski definition) is 2. The molecule has 14 heavy (non-hydrogen) atoms. The monoisotopic (exact) mass is 195 g/mol. The van der Waals surface area contributed by atoms with Crippen molar-refractivity contribution in [3.05, 3.63) is 33.5 Å². The van der Waals surface area contributed by atoms with Gasteiger partial charge in [0.25, 0.3) is 5.70 Å². The molecule has 0 N–H and O–H groups in total. The predicted molar refractivity (Wildman–Crippen MR) is 56.4 cm³/mol. The van der Waals surface area contributed by atoms with Crippen molar-refractivity contribution in [2.75, 3.05) is 0 Å². The molecule has 0 heterocycles. The van der Waals surface area contributed by atoms with Crippen LogP contribution in [0, 0.1) is 22.0 Å². The lowest BCUT2D eigenvalue weighted by atomic mass is 9.91. The average molecular weight is 195 g/mol. The molecule has 0 amide bonds. The Bertz CT molecular complexity index is 292. The first-order chi connectivity index (χ1) is 6.54. The summed E-state index contributed by atoms with van der Waals surface area (Å²) in [6, 6.07) is 0. The SMILES string of the molecule is CC[C@H](C)CC1C=C([N+](=O)[O-])C=C1C. The minimum Gasteiger partial charge on any atom is -0.258 e. The van der Waals surface area contributed by atoms with E-state index in [0.29, 0.717) is 5.92 Å². The number of allylic oxidation sites excluding steroid dienone is 3. The molecule has 0 aromatic heterocycles. The first kappa shape index (κ1) is 11.0. The zero-order valence-corrected chi connectivity index (χ0v) is 8.99. The van der Waals surface area contributed by atoms with E-state index in [0.717, 1.165) is 18.4 Å². The molecular weight excluding hydrogens is 178 g/mol. The summed E-state index contributed by atoms with van der Waals surface area (Å²) in [5.74, 6) is 0.913. The summed E-state index contributed by atoms with van der Waals surface area (Å²) in [5.41, 5.74) is 1.38. The van der Waals surface area contributed by atoms with Gasteiger partial charge in [0, 0.05) is 18.1 Å². The van der Waals surface area contributed by atoms with Crippen LogP contribution in [0.1, 0.15) is 33.6 Å². The number of nitro groups is 1. The van der Waals surface area contributed by atoms with Gasteiger partial charge in [-0.25, -0.2) is 0 Å². The highest BCUT2D eigenvalue weighted by Gasteiger charge is 2.23. The van der Waals surface area contributed by atoms with Crippen molar-refractivity contribution in [2.24, 2.45) is 11.8 Å². The normalized spacial score (nSPS) is 22.9. The summed E-state index contributed by atoms with van der Waals surface area (Å²) >= 11 is 0. The fourth-order valence-corrected chi connectivity index (χ4v) is 1.69. The number of hydrogen-bond donors (Lipinski definition) is 0. The first-order valence-electron chi connectivity index (χ1n) is 5.09. The van der Waals surface area contributed by atoms with Crippen LogP contribution in [0.4, 0.5) is 0 Å². The molecule has 0 aliphatic heterocycles. The van der Waals surface area contributed by atoms with Crippen LogP contribution in [-0.2, 0) is 0 Å². The van der Waals surface area contributed by atoms with Gasteiger partial charge in [-0.15, -0.1) is 0 Å². The summed E-state index contributed by atoms with van der Waals surface area (Å²) in [7, 11) is 0. The molecule has 78 valence electrons. The molecule has 3 nitrogen and oxygen atoms in total. The van der Waals surface area contributed by atoms with E-state index in [4.69, 9.17) is 0 Å². The standard InChI is InChI=1S/C11H17NO2/c1-4-8(2)5-10-7-11(12(13)14)6-9(10)3/h6-8,10H,4-5H2,1-3H3/t8-,10?/m0/s1. The Morgan fingerprint density at radius 1 is 1.64 bits per heavy atom. The van der Waals surface area contributed by atoms with Crippen LogP contribution in [-0.4, -0.2) is 4.92 Å². The summed E-state index contributed by atoms with van der Waals surface area (Å²) in [6.45, 7) is 6.31. The van der Waals surface area contributed by atoms with E-state index in [1.165, 1.54) is 0 Å². The fourth-order valence-electron chi connectivity index (χ4n) is 1.69. The first-order valence-corrected chi connectivity index (χ1v) is 5.09. The predicted octanol–water partition coefficient (Wildman–Crippen LogP) is 3.16. The molecule has 0 saturated carbocycles. The lowest BCUT2D eigenvalue weighted by Gasteiger charge is -2.13. The maximum Gasteiger partial charge on any atom is 0.266 e. The largest absolute Gasteiger partial charge is 0.266 e. The summed E-state index contributed by atoms with van der Waals surface area (Å²) in [4.78, 5) is 10.2. The maximum absolute atomic E-state index is 10.5. The Kier molecular flexibility index (Phi) is 3.44. The molecule has 0 bridgehead atoms. The van der Waals surface area contributed by atoms with Crippen molar-refractivity contribution >= 4 is 0 Å². The molecule has 0 saturated heterocycles. The highest BCUT2D eigenvalue weighted by atomic mass is 16.6. The van der Waals surface area contributed by atoms with Crippen molar-refractivity contribution < 1.29 is 4.92 Å². The molecule has 2 atom stereocenters. The van der Waals surface area contributed by atoms with Crippen molar-refractivity contribution in [1.82, 2.24) is 0 Å². The molecular formula is C11H17NO2. The Morgan fingerprint density at radius 3 is 2.71 bits per heavy atom. The average Bonchev–Trinajstić information content (AvgIpc) is 2.48. The molecule has 0 fully saturated rings. The van der Waals surface area contributed by atoms with E-state index in [2.05, 4.69) is 13.8 Å². The van der Waals surface area contributed by atoms with Gasteiger partial charge in [0.2, 0.25) is 0 Å². The molecule has 3 heteroatoms. The molecule has 0 radical (unpaired) electrons. The van der Waals surface area contributed by atoms with Gasteiger partial charge in [0.1, 0.15) is 0 Å². The summed E-state index contributed by atoms with van der Waals surface area (Å²) < 4.78 is 0. The molecule has 0 spiro atoms. The lowest BCUT2D eigenvalue weighted by Crippen LogP contribution is -2.03. The van der Waals surface area contributed by atoms with Crippen LogP contribution >= 0.6 is 0 Å². The Morgan fingerprint density at radius 2 is 2.29 bits per heavy atom. The third kappa shape index (κ3) is 2.44. The summed E-state index contributed by atoms with van der Waals surface area (Å²) in [6.07, 6.45) is 5.62. The Labute approximate surface area is 84.7 Å². The fraction of sp³-hybridized carbons (Fsp3) is 0.636. The van der Waals surface area contributed by atoms with E-state index in [1.54, 1.807) is 12.2 Å². The van der Waals surface area contributed by atoms with Crippen molar-refractivity contribution in [3.63, 3.8) is 0 Å². The second kappa shape index (κ2) is 4.40. The van der Waals surface area contributed by atoms with Gasteiger partial charge in [0.15, 0.2) is 0 Å².